The second-order valence-corrected chi connectivity index (χ2v) is 11.4. The summed E-state index contributed by atoms with van der Waals surface area (Å²) < 4.78 is 5.27. The maximum absolute atomic E-state index is 13.3. The van der Waals surface area contributed by atoms with Crippen molar-refractivity contribution in [3.8, 4) is 0 Å². The zero-order valence-electron chi connectivity index (χ0n) is 21.5. The lowest BCUT2D eigenvalue weighted by Gasteiger charge is -2.59. The molecule has 5 fully saturated rings. The summed E-state index contributed by atoms with van der Waals surface area (Å²) in [6, 6.07) is -1.26. The van der Waals surface area contributed by atoms with Gasteiger partial charge < -0.3 is 21.1 Å². The highest BCUT2D eigenvalue weighted by Crippen LogP contribution is 2.61. The quantitative estimate of drug-likeness (QED) is 0.297. The van der Waals surface area contributed by atoms with Gasteiger partial charge in [-0.05, 0) is 50.4 Å². The molecule has 3 aliphatic heterocycles. The second-order valence-electron chi connectivity index (χ2n) is 11.4. The average molecular weight is 517 g/mol. The first-order valence-corrected chi connectivity index (χ1v) is 13.2. The van der Waals surface area contributed by atoms with Gasteiger partial charge >= 0.3 is 12.1 Å². The van der Waals surface area contributed by atoms with Gasteiger partial charge in [-0.15, -0.1) is 0 Å². The molecule has 0 aromatic carbocycles. The average Bonchev–Trinajstić information content (AvgIpc) is 2.98. The zero-order chi connectivity index (χ0) is 26.7. The van der Waals surface area contributed by atoms with Crippen LogP contribution in [-0.2, 0) is 19.1 Å². The van der Waals surface area contributed by atoms with Crippen LogP contribution in [0, 0.1) is 11.3 Å². The Labute approximate surface area is 215 Å². The standard InChI is InChI=1S/C25H36N6O6/c1-3-4-9-29-19(32)17(18(26)27)20(33)31(23(29)36)16-5-7-24(8-6-16)13-25(14-24)21(34)28(2)22(35)30(25)10-15-11-37-12-15/h15-16H,3-14,26-27H2,1-2H3. The number of likely N-dealkylation sites (N-methyl/N-ethyl adjacent to an activating group) is 1. The molecule has 3 heterocycles. The molecule has 5 rings (SSSR count). The molecule has 5 aliphatic rings. The van der Waals surface area contributed by atoms with E-state index in [0.29, 0.717) is 64.7 Å². The highest BCUT2D eigenvalue weighted by Gasteiger charge is 2.68. The van der Waals surface area contributed by atoms with Crippen molar-refractivity contribution in [2.75, 3.05) is 33.4 Å². The number of carbonyl (C=O) groups excluding carboxylic acids is 5. The molecule has 7 amide bonds. The van der Waals surface area contributed by atoms with E-state index in [0.717, 1.165) is 16.2 Å². The first-order chi connectivity index (χ1) is 17.5. The Kier molecular flexibility index (Phi) is 6.20. The molecule has 0 unspecified atom stereocenters. The van der Waals surface area contributed by atoms with Crippen molar-refractivity contribution in [3.05, 3.63) is 11.4 Å². The third-order valence-electron chi connectivity index (χ3n) is 8.95. The van der Waals surface area contributed by atoms with Crippen molar-refractivity contribution >= 4 is 29.8 Å². The Bertz CT molecular complexity index is 1060. The van der Waals surface area contributed by atoms with Gasteiger partial charge in [0.25, 0.3) is 17.7 Å². The van der Waals surface area contributed by atoms with E-state index >= 15 is 0 Å². The number of amides is 7. The van der Waals surface area contributed by atoms with Crippen LogP contribution in [0.15, 0.2) is 11.4 Å². The van der Waals surface area contributed by atoms with Crippen LogP contribution in [0.25, 0.3) is 0 Å². The summed E-state index contributed by atoms with van der Waals surface area (Å²) in [5.74, 6) is -1.75. The summed E-state index contributed by atoms with van der Waals surface area (Å²) >= 11 is 0. The normalized spacial score (nSPS) is 32.6. The number of hydrogen-bond acceptors (Lipinski definition) is 8. The van der Waals surface area contributed by atoms with E-state index in [2.05, 4.69) is 0 Å². The van der Waals surface area contributed by atoms with Gasteiger partial charge in [0.2, 0.25) is 0 Å². The first-order valence-electron chi connectivity index (χ1n) is 13.2. The molecule has 3 saturated heterocycles. The maximum Gasteiger partial charge on any atom is 0.334 e. The highest BCUT2D eigenvalue weighted by molar-refractivity contribution is 6.29. The predicted molar refractivity (Wildman–Crippen MR) is 130 cm³/mol. The fraction of sp³-hybridized carbons (Fsp3) is 0.720. The molecule has 2 saturated carbocycles. The van der Waals surface area contributed by atoms with Crippen LogP contribution in [0.4, 0.5) is 9.59 Å². The molecule has 202 valence electrons. The molecule has 0 aromatic rings. The third-order valence-corrected chi connectivity index (χ3v) is 8.95. The van der Waals surface area contributed by atoms with Crippen LogP contribution in [0.5, 0.6) is 0 Å². The van der Waals surface area contributed by atoms with E-state index in [4.69, 9.17) is 16.2 Å². The van der Waals surface area contributed by atoms with Crippen molar-refractivity contribution in [2.24, 2.45) is 22.8 Å². The van der Waals surface area contributed by atoms with Crippen molar-refractivity contribution in [1.29, 1.82) is 0 Å². The minimum absolute atomic E-state index is 0.128. The minimum atomic E-state index is -0.807. The minimum Gasteiger partial charge on any atom is -0.385 e. The molecule has 2 aliphatic carbocycles. The summed E-state index contributed by atoms with van der Waals surface area (Å²) in [6.45, 7) is 3.86. The maximum atomic E-state index is 13.3. The van der Waals surface area contributed by atoms with Gasteiger partial charge in [0.15, 0.2) is 0 Å². The number of nitrogens with zero attached hydrogens (tertiary/aromatic N) is 4. The summed E-state index contributed by atoms with van der Waals surface area (Å²) in [6.07, 6.45) is 5.07. The number of carbonyl (C=O) groups is 5. The lowest BCUT2D eigenvalue weighted by molar-refractivity contribution is -0.153. The molecule has 0 bridgehead atoms. The van der Waals surface area contributed by atoms with Crippen molar-refractivity contribution < 1.29 is 28.7 Å². The lowest BCUT2D eigenvalue weighted by atomic mass is 9.51. The van der Waals surface area contributed by atoms with Crippen molar-refractivity contribution in [2.45, 2.75) is 69.9 Å². The molecule has 12 nitrogen and oxygen atoms in total. The van der Waals surface area contributed by atoms with E-state index in [-0.39, 0.29) is 47.3 Å². The second kappa shape index (κ2) is 9.00. The van der Waals surface area contributed by atoms with Gasteiger partial charge in [-0.1, -0.05) is 13.3 Å². The largest absolute Gasteiger partial charge is 0.385 e. The number of ether oxygens (including phenoxy) is 1. The van der Waals surface area contributed by atoms with Gasteiger partial charge in [0, 0.05) is 32.1 Å². The lowest BCUT2D eigenvalue weighted by Crippen LogP contribution is -2.66. The van der Waals surface area contributed by atoms with Crippen LogP contribution in [-0.4, -0.2) is 94.3 Å². The number of hydrogen-bond donors (Lipinski definition) is 2. The number of rotatable bonds is 6. The number of urea groups is 2. The zero-order valence-corrected chi connectivity index (χ0v) is 21.5. The summed E-state index contributed by atoms with van der Waals surface area (Å²) in [4.78, 5) is 70.5. The van der Waals surface area contributed by atoms with Gasteiger partial charge in [-0.2, -0.15) is 0 Å². The number of imide groups is 3. The SMILES string of the molecule is CCCCN1C(=O)C(=C(N)N)C(=O)N(C2CCC3(CC2)CC2(C3)C(=O)N(C)C(=O)N2CC2COC2)C1=O. The number of nitrogens with two attached hydrogens (primary N) is 2. The Morgan fingerprint density at radius 2 is 1.65 bits per heavy atom. The summed E-state index contributed by atoms with van der Waals surface area (Å²) in [5.41, 5.74) is 10.1. The van der Waals surface area contributed by atoms with E-state index in [9.17, 15) is 24.0 Å². The fourth-order valence-electron chi connectivity index (χ4n) is 6.87. The molecule has 4 N–H and O–H groups in total. The summed E-state index contributed by atoms with van der Waals surface area (Å²) in [5, 5.41) is 0. The molecule has 0 atom stereocenters. The Morgan fingerprint density at radius 1 is 1.00 bits per heavy atom. The van der Waals surface area contributed by atoms with Crippen LogP contribution in [0.1, 0.15) is 58.3 Å². The molecule has 0 aromatic heterocycles. The van der Waals surface area contributed by atoms with Gasteiger partial charge in [-0.3, -0.25) is 29.1 Å². The first kappa shape index (κ1) is 25.5. The number of barbiturate groups is 1. The molecule has 12 heteroatoms. The Morgan fingerprint density at radius 3 is 2.19 bits per heavy atom. The molecular formula is C25H36N6O6. The van der Waals surface area contributed by atoms with Crippen LogP contribution < -0.4 is 11.5 Å². The smallest absolute Gasteiger partial charge is 0.334 e. The molecule has 37 heavy (non-hydrogen) atoms. The van der Waals surface area contributed by atoms with Crippen LogP contribution in [0.2, 0.25) is 0 Å². The van der Waals surface area contributed by atoms with Gasteiger partial charge in [0.05, 0.1) is 13.2 Å². The third kappa shape index (κ3) is 3.79. The van der Waals surface area contributed by atoms with Gasteiger partial charge in [0.1, 0.15) is 16.9 Å². The van der Waals surface area contributed by atoms with Gasteiger partial charge in [-0.25, -0.2) is 9.59 Å². The topological polar surface area (TPSA) is 160 Å². The molecule has 0 radical (unpaired) electrons. The van der Waals surface area contributed by atoms with Crippen molar-refractivity contribution in [3.63, 3.8) is 0 Å². The van der Waals surface area contributed by atoms with E-state index in [1.165, 1.54) is 4.90 Å². The Balaban J connectivity index is 1.30. The number of unbranched alkanes of at least 4 members (excludes halogenated alkanes) is 1. The van der Waals surface area contributed by atoms with E-state index < -0.39 is 23.4 Å². The van der Waals surface area contributed by atoms with E-state index in [1.807, 2.05) is 6.92 Å². The molecule has 2 spiro atoms. The van der Waals surface area contributed by atoms with E-state index in [1.54, 1.807) is 11.9 Å². The van der Waals surface area contributed by atoms with Crippen LogP contribution in [0.3, 0.4) is 0 Å². The summed E-state index contributed by atoms with van der Waals surface area (Å²) in [7, 11) is 1.54. The highest BCUT2D eigenvalue weighted by atomic mass is 16.5. The predicted octanol–water partition coefficient (Wildman–Crippen LogP) is 0.708. The van der Waals surface area contributed by atoms with Crippen molar-refractivity contribution in [1.82, 2.24) is 19.6 Å². The monoisotopic (exact) mass is 516 g/mol. The Hall–Kier alpha value is -3.15. The fourth-order valence-corrected chi connectivity index (χ4v) is 6.87. The van der Waals surface area contributed by atoms with Crippen LogP contribution >= 0.6 is 0 Å². The molecular weight excluding hydrogens is 480 g/mol.